The Bertz CT molecular complexity index is 832. The summed E-state index contributed by atoms with van der Waals surface area (Å²) in [6, 6.07) is 8.35. The Morgan fingerprint density at radius 1 is 1.12 bits per heavy atom. The maximum atomic E-state index is 13.5. The molecule has 2 rings (SSSR count). The van der Waals surface area contributed by atoms with Crippen molar-refractivity contribution in [2.75, 3.05) is 11.9 Å². The fourth-order valence-corrected chi connectivity index (χ4v) is 2.42. The topological polar surface area (TPSA) is 64.6 Å². The van der Waals surface area contributed by atoms with Gasteiger partial charge in [-0.05, 0) is 25.1 Å². The molecule has 0 aliphatic carbocycles. The van der Waals surface area contributed by atoms with Crippen molar-refractivity contribution >= 4 is 52.4 Å². The van der Waals surface area contributed by atoms with Crippen molar-refractivity contribution in [2.24, 2.45) is 0 Å². The smallest absolute Gasteiger partial charge is 0.344 e. The van der Waals surface area contributed by atoms with E-state index in [-0.39, 0.29) is 26.5 Å². The van der Waals surface area contributed by atoms with Crippen LogP contribution in [0.3, 0.4) is 0 Å². The first-order valence-electron chi connectivity index (χ1n) is 7.30. The third-order valence-electron chi connectivity index (χ3n) is 3.13. The minimum atomic E-state index is -1.16. The fourth-order valence-electron chi connectivity index (χ4n) is 1.83. The van der Waals surface area contributed by atoms with Crippen LogP contribution in [0.1, 0.15) is 6.92 Å². The molecular formula is C17H13Cl3FNO4. The minimum Gasteiger partial charge on any atom is -0.480 e. The minimum absolute atomic E-state index is 0.0146. The average Bonchev–Trinajstić information content (AvgIpc) is 2.58. The van der Waals surface area contributed by atoms with E-state index >= 15 is 0 Å². The second kappa shape index (κ2) is 9.07. The molecule has 0 saturated heterocycles. The van der Waals surface area contributed by atoms with Gasteiger partial charge in [-0.2, -0.15) is 0 Å². The Labute approximate surface area is 163 Å². The van der Waals surface area contributed by atoms with Gasteiger partial charge in [0.2, 0.25) is 0 Å². The Morgan fingerprint density at radius 2 is 1.77 bits per heavy atom. The number of benzene rings is 2. The lowest BCUT2D eigenvalue weighted by Crippen LogP contribution is -2.32. The van der Waals surface area contributed by atoms with E-state index in [4.69, 9.17) is 44.3 Å². The normalized spacial score (nSPS) is 11.6. The summed E-state index contributed by atoms with van der Waals surface area (Å²) < 4.78 is 23.7. The summed E-state index contributed by atoms with van der Waals surface area (Å²) in [4.78, 5) is 23.8. The summed E-state index contributed by atoms with van der Waals surface area (Å²) in [6.45, 7) is 0.842. The van der Waals surface area contributed by atoms with E-state index in [9.17, 15) is 14.0 Å². The summed E-state index contributed by atoms with van der Waals surface area (Å²) in [5.41, 5.74) is -0.0146. The van der Waals surface area contributed by atoms with Gasteiger partial charge in [-0.15, -0.1) is 0 Å². The van der Waals surface area contributed by atoms with Crippen molar-refractivity contribution in [2.45, 2.75) is 13.0 Å². The Kier molecular flexibility index (Phi) is 7.08. The summed E-state index contributed by atoms with van der Waals surface area (Å²) in [7, 11) is 0. The number of anilines is 1. The molecule has 0 radical (unpaired) electrons. The van der Waals surface area contributed by atoms with E-state index in [1.807, 2.05) is 0 Å². The van der Waals surface area contributed by atoms with Gasteiger partial charge in [0.1, 0.15) is 11.6 Å². The molecule has 1 atom stereocenters. The Balaban J connectivity index is 1.88. The van der Waals surface area contributed by atoms with Gasteiger partial charge in [0.15, 0.2) is 12.7 Å². The molecule has 2 aromatic rings. The monoisotopic (exact) mass is 419 g/mol. The van der Waals surface area contributed by atoms with E-state index in [2.05, 4.69) is 5.32 Å². The zero-order valence-corrected chi connectivity index (χ0v) is 15.7. The highest BCUT2D eigenvalue weighted by Crippen LogP contribution is 2.33. The van der Waals surface area contributed by atoms with Gasteiger partial charge in [-0.3, -0.25) is 4.79 Å². The molecule has 0 heterocycles. The molecular weight excluding hydrogens is 408 g/mol. The molecule has 138 valence electrons. The van der Waals surface area contributed by atoms with Crippen molar-refractivity contribution in [3.63, 3.8) is 0 Å². The highest BCUT2D eigenvalue weighted by atomic mass is 35.5. The molecule has 0 aliphatic heterocycles. The number of ether oxygens (including phenoxy) is 2. The summed E-state index contributed by atoms with van der Waals surface area (Å²) in [5, 5.41) is 2.94. The van der Waals surface area contributed by atoms with E-state index in [0.717, 1.165) is 0 Å². The van der Waals surface area contributed by atoms with Crippen molar-refractivity contribution in [3.8, 4) is 5.75 Å². The summed E-state index contributed by atoms with van der Waals surface area (Å²) >= 11 is 17.6. The van der Waals surface area contributed by atoms with Crippen molar-refractivity contribution in [1.29, 1.82) is 0 Å². The molecule has 0 saturated carbocycles. The van der Waals surface area contributed by atoms with Gasteiger partial charge in [0.05, 0.1) is 20.8 Å². The third-order valence-corrected chi connectivity index (χ3v) is 4.15. The number of amides is 1. The van der Waals surface area contributed by atoms with Crippen LogP contribution in [0.5, 0.6) is 5.75 Å². The number of hydrogen-bond donors (Lipinski definition) is 1. The average molecular weight is 421 g/mol. The first-order valence-corrected chi connectivity index (χ1v) is 8.43. The molecule has 1 amide bonds. The van der Waals surface area contributed by atoms with Gasteiger partial charge in [0.25, 0.3) is 5.91 Å². The molecule has 5 nitrogen and oxygen atoms in total. The zero-order valence-electron chi connectivity index (χ0n) is 13.4. The predicted molar refractivity (Wildman–Crippen MR) is 97.6 cm³/mol. The number of rotatable bonds is 6. The van der Waals surface area contributed by atoms with Crippen LogP contribution < -0.4 is 10.1 Å². The lowest BCUT2D eigenvalue weighted by molar-refractivity contribution is -0.155. The van der Waals surface area contributed by atoms with Gasteiger partial charge >= 0.3 is 5.97 Å². The van der Waals surface area contributed by atoms with Crippen LogP contribution in [0.15, 0.2) is 36.4 Å². The molecule has 0 bridgehead atoms. The first-order chi connectivity index (χ1) is 12.3. The van der Waals surface area contributed by atoms with Gasteiger partial charge in [-0.1, -0.05) is 46.9 Å². The summed E-state index contributed by atoms with van der Waals surface area (Å²) in [5.74, 6) is -1.96. The number of nitrogens with one attached hydrogen (secondary N) is 1. The summed E-state index contributed by atoms with van der Waals surface area (Å²) in [6.07, 6.45) is -1.16. The molecule has 0 aromatic heterocycles. The second-order valence-electron chi connectivity index (χ2n) is 5.09. The maximum absolute atomic E-state index is 13.5. The largest absolute Gasteiger partial charge is 0.480 e. The highest BCUT2D eigenvalue weighted by Gasteiger charge is 2.19. The van der Waals surface area contributed by atoms with Crippen LogP contribution in [0, 0.1) is 5.82 Å². The number of esters is 1. The van der Waals surface area contributed by atoms with E-state index in [0.29, 0.717) is 0 Å². The Morgan fingerprint density at radius 3 is 2.46 bits per heavy atom. The number of carbonyl (C=O) groups excluding carboxylic acids is 2. The first kappa shape index (κ1) is 20.3. The molecule has 0 fully saturated rings. The third kappa shape index (κ3) is 5.49. The van der Waals surface area contributed by atoms with Gasteiger partial charge < -0.3 is 14.8 Å². The van der Waals surface area contributed by atoms with Crippen LogP contribution in [-0.2, 0) is 14.3 Å². The molecule has 1 N–H and O–H groups in total. The predicted octanol–water partition coefficient (Wildman–Crippen LogP) is 4.74. The molecule has 1 unspecified atom stereocenters. The maximum Gasteiger partial charge on any atom is 0.344 e. The van der Waals surface area contributed by atoms with E-state index in [1.165, 1.54) is 37.3 Å². The van der Waals surface area contributed by atoms with Crippen LogP contribution in [0.2, 0.25) is 15.1 Å². The van der Waals surface area contributed by atoms with Crippen molar-refractivity contribution in [3.05, 3.63) is 57.3 Å². The van der Waals surface area contributed by atoms with Crippen molar-refractivity contribution < 1.29 is 23.5 Å². The number of para-hydroxylation sites is 1. The van der Waals surface area contributed by atoms with Crippen LogP contribution in [-0.4, -0.2) is 24.6 Å². The standard InChI is InChI=1S/C17H13Cl3FNO4/c1-9(17(24)22-14-5-3-2-4-13(14)21)26-16(23)8-25-15-7-11(19)10(18)6-12(15)20/h2-7,9H,8H2,1H3,(H,22,24). The molecule has 2 aromatic carbocycles. The fraction of sp³-hybridized carbons (Fsp3) is 0.176. The quantitative estimate of drug-likeness (QED) is 0.542. The number of halogens is 4. The molecule has 0 spiro atoms. The number of hydrogen-bond acceptors (Lipinski definition) is 4. The van der Waals surface area contributed by atoms with Crippen LogP contribution in [0.25, 0.3) is 0 Å². The van der Waals surface area contributed by atoms with Crippen molar-refractivity contribution in [1.82, 2.24) is 0 Å². The molecule has 9 heteroatoms. The van der Waals surface area contributed by atoms with Crippen LogP contribution in [0.4, 0.5) is 10.1 Å². The lowest BCUT2D eigenvalue weighted by Gasteiger charge is -2.14. The number of carbonyl (C=O) groups is 2. The Hall–Kier alpha value is -2.02. The SMILES string of the molecule is CC(OC(=O)COc1cc(Cl)c(Cl)cc1Cl)C(=O)Nc1ccccc1F. The lowest BCUT2D eigenvalue weighted by atomic mass is 10.3. The van der Waals surface area contributed by atoms with Gasteiger partial charge in [-0.25, -0.2) is 9.18 Å². The highest BCUT2D eigenvalue weighted by molar-refractivity contribution is 6.43. The van der Waals surface area contributed by atoms with Gasteiger partial charge in [0, 0.05) is 6.07 Å². The van der Waals surface area contributed by atoms with Crippen LogP contribution >= 0.6 is 34.8 Å². The van der Waals surface area contributed by atoms with E-state index in [1.54, 1.807) is 6.07 Å². The molecule has 0 aliphatic rings. The molecule has 26 heavy (non-hydrogen) atoms. The second-order valence-corrected chi connectivity index (χ2v) is 6.31. The van der Waals surface area contributed by atoms with E-state index < -0.39 is 30.4 Å². The zero-order chi connectivity index (χ0) is 19.3.